The number of carboxylic acids is 1. The van der Waals surface area contributed by atoms with Gasteiger partial charge in [0.15, 0.2) is 6.04 Å². The van der Waals surface area contributed by atoms with Gasteiger partial charge >= 0.3 is 5.97 Å². The maximum Gasteiger partial charge on any atom is 0.330 e. The number of hydrogen-bond donors (Lipinski definition) is 2. The quantitative estimate of drug-likeness (QED) is 0.869. The number of benzene rings is 1. The standard InChI is InChI=1S/C14H14BrNO2S/c1-8-7-10(9(2)19-8)13(14(17)18)16-12-6-4-3-5-11(12)15/h3-7,13,16H,1-2H3,(H,17,18). The molecule has 1 unspecified atom stereocenters. The van der Waals surface area contributed by atoms with Crippen molar-refractivity contribution in [1.82, 2.24) is 0 Å². The number of aryl methyl sites for hydroxylation is 2. The average molecular weight is 340 g/mol. The molecule has 1 aromatic carbocycles. The molecule has 0 spiro atoms. The van der Waals surface area contributed by atoms with Crippen molar-refractivity contribution in [2.45, 2.75) is 19.9 Å². The van der Waals surface area contributed by atoms with E-state index < -0.39 is 12.0 Å². The van der Waals surface area contributed by atoms with Crippen LogP contribution in [0.1, 0.15) is 21.4 Å². The number of hydrogen-bond acceptors (Lipinski definition) is 3. The molecule has 0 radical (unpaired) electrons. The minimum Gasteiger partial charge on any atom is -0.479 e. The van der Waals surface area contributed by atoms with Crippen molar-refractivity contribution < 1.29 is 9.90 Å². The van der Waals surface area contributed by atoms with E-state index in [9.17, 15) is 9.90 Å². The summed E-state index contributed by atoms with van der Waals surface area (Å²) in [6.07, 6.45) is 0. The van der Waals surface area contributed by atoms with Crippen LogP contribution in [0.4, 0.5) is 5.69 Å². The van der Waals surface area contributed by atoms with Crippen LogP contribution < -0.4 is 5.32 Å². The second-order valence-electron chi connectivity index (χ2n) is 4.26. The Kier molecular flexibility index (Phi) is 4.27. The first kappa shape index (κ1) is 14.1. The molecule has 0 aliphatic carbocycles. The smallest absolute Gasteiger partial charge is 0.330 e. The Morgan fingerprint density at radius 3 is 2.58 bits per heavy atom. The van der Waals surface area contributed by atoms with Crippen LogP contribution in [0.15, 0.2) is 34.8 Å². The number of nitrogens with one attached hydrogen (secondary N) is 1. The van der Waals surface area contributed by atoms with Crippen LogP contribution in [-0.2, 0) is 4.79 Å². The van der Waals surface area contributed by atoms with Gasteiger partial charge in [-0.25, -0.2) is 4.79 Å². The summed E-state index contributed by atoms with van der Waals surface area (Å²) in [4.78, 5) is 13.7. The van der Waals surface area contributed by atoms with Crippen LogP contribution >= 0.6 is 27.3 Å². The highest BCUT2D eigenvalue weighted by atomic mass is 79.9. The monoisotopic (exact) mass is 339 g/mol. The van der Waals surface area contributed by atoms with E-state index in [4.69, 9.17) is 0 Å². The minimum atomic E-state index is -0.878. The highest BCUT2D eigenvalue weighted by Crippen LogP contribution is 2.31. The number of anilines is 1. The summed E-state index contributed by atoms with van der Waals surface area (Å²) < 4.78 is 0.853. The van der Waals surface area contributed by atoms with E-state index in [1.807, 2.05) is 44.2 Å². The van der Waals surface area contributed by atoms with Gasteiger partial charge in [0.25, 0.3) is 0 Å². The Labute approximate surface area is 124 Å². The lowest BCUT2D eigenvalue weighted by molar-refractivity contribution is -0.138. The summed E-state index contributed by atoms with van der Waals surface area (Å²) in [5.41, 5.74) is 1.60. The highest BCUT2D eigenvalue weighted by molar-refractivity contribution is 9.10. The van der Waals surface area contributed by atoms with Gasteiger partial charge in [-0.1, -0.05) is 12.1 Å². The van der Waals surface area contributed by atoms with Gasteiger partial charge in [-0.2, -0.15) is 0 Å². The Balaban J connectivity index is 2.35. The lowest BCUT2D eigenvalue weighted by atomic mass is 10.1. The molecule has 0 bridgehead atoms. The van der Waals surface area contributed by atoms with Gasteiger partial charge in [0.2, 0.25) is 0 Å². The van der Waals surface area contributed by atoms with Crippen molar-refractivity contribution in [3.8, 4) is 0 Å². The van der Waals surface area contributed by atoms with Gasteiger partial charge < -0.3 is 10.4 Å². The molecule has 0 aliphatic rings. The van der Waals surface area contributed by atoms with E-state index in [-0.39, 0.29) is 0 Å². The molecular formula is C14H14BrNO2S. The number of carboxylic acid groups (broad SMARTS) is 1. The molecule has 5 heteroatoms. The van der Waals surface area contributed by atoms with Crippen LogP contribution in [0.2, 0.25) is 0 Å². The summed E-state index contributed by atoms with van der Waals surface area (Å²) in [6.45, 7) is 3.93. The molecule has 2 N–H and O–H groups in total. The molecule has 0 saturated heterocycles. The molecule has 3 nitrogen and oxygen atoms in total. The van der Waals surface area contributed by atoms with Gasteiger partial charge in [0.1, 0.15) is 0 Å². The highest BCUT2D eigenvalue weighted by Gasteiger charge is 2.23. The fraction of sp³-hybridized carbons (Fsp3) is 0.214. The molecule has 2 aromatic rings. The molecule has 0 aliphatic heterocycles. The van der Waals surface area contributed by atoms with Gasteiger partial charge in [0.05, 0.1) is 0 Å². The SMILES string of the molecule is Cc1cc(C(Nc2ccccc2Br)C(=O)O)c(C)s1. The van der Waals surface area contributed by atoms with Crippen molar-refractivity contribution >= 4 is 38.9 Å². The zero-order valence-electron chi connectivity index (χ0n) is 10.6. The van der Waals surface area contributed by atoms with Gasteiger partial charge in [-0.3, -0.25) is 0 Å². The average Bonchev–Trinajstić information content (AvgIpc) is 2.67. The summed E-state index contributed by atoms with van der Waals surface area (Å²) >= 11 is 5.03. The second kappa shape index (κ2) is 5.75. The van der Waals surface area contributed by atoms with E-state index in [0.717, 1.165) is 25.5 Å². The van der Waals surface area contributed by atoms with Crippen molar-refractivity contribution in [2.24, 2.45) is 0 Å². The normalized spacial score (nSPS) is 12.2. The fourth-order valence-electron chi connectivity index (χ4n) is 1.94. The fourth-order valence-corrected chi connectivity index (χ4v) is 3.31. The van der Waals surface area contributed by atoms with Gasteiger partial charge in [-0.15, -0.1) is 11.3 Å². The molecule has 1 atom stereocenters. The van der Waals surface area contributed by atoms with E-state index in [1.54, 1.807) is 11.3 Å². The summed E-state index contributed by atoms with van der Waals surface area (Å²) in [5.74, 6) is -0.878. The largest absolute Gasteiger partial charge is 0.479 e. The number of para-hydroxylation sites is 1. The third kappa shape index (κ3) is 3.16. The van der Waals surface area contributed by atoms with Crippen molar-refractivity contribution in [1.29, 1.82) is 0 Å². The third-order valence-electron chi connectivity index (χ3n) is 2.81. The van der Waals surface area contributed by atoms with Gasteiger partial charge in [-0.05, 0) is 53.5 Å². The van der Waals surface area contributed by atoms with E-state index >= 15 is 0 Å². The molecule has 1 aromatic heterocycles. The van der Waals surface area contributed by atoms with E-state index in [2.05, 4.69) is 21.2 Å². The molecule has 19 heavy (non-hydrogen) atoms. The number of halogens is 1. The molecule has 0 amide bonds. The summed E-state index contributed by atoms with van der Waals surface area (Å²) in [5, 5.41) is 12.5. The Bertz CT molecular complexity index is 609. The van der Waals surface area contributed by atoms with Crippen LogP contribution in [0, 0.1) is 13.8 Å². The Morgan fingerprint density at radius 2 is 2.05 bits per heavy atom. The van der Waals surface area contributed by atoms with Crippen LogP contribution in [-0.4, -0.2) is 11.1 Å². The minimum absolute atomic E-state index is 0.733. The molecule has 1 heterocycles. The topological polar surface area (TPSA) is 49.3 Å². The van der Waals surface area contributed by atoms with Crippen LogP contribution in [0.25, 0.3) is 0 Å². The molecule has 2 rings (SSSR count). The molecule has 100 valence electrons. The first-order valence-corrected chi connectivity index (χ1v) is 7.41. The summed E-state index contributed by atoms with van der Waals surface area (Å²) in [6, 6.07) is 8.70. The maximum atomic E-state index is 11.5. The third-order valence-corrected chi connectivity index (χ3v) is 4.48. The van der Waals surface area contributed by atoms with Crippen LogP contribution in [0.3, 0.4) is 0 Å². The van der Waals surface area contributed by atoms with Gasteiger partial charge in [0, 0.05) is 19.9 Å². The maximum absolute atomic E-state index is 11.5. The first-order chi connectivity index (χ1) is 8.99. The van der Waals surface area contributed by atoms with Crippen molar-refractivity contribution in [3.63, 3.8) is 0 Å². The first-order valence-electron chi connectivity index (χ1n) is 5.80. The molecular weight excluding hydrogens is 326 g/mol. The predicted octanol–water partition coefficient (Wildman–Crippen LogP) is 4.37. The van der Waals surface area contributed by atoms with E-state index in [0.29, 0.717) is 0 Å². The van der Waals surface area contributed by atoms with E-state index in [1.165, 1.54) is 0 Å². The number of aliphatic carboxylic acids is 1. The van der Waals surface area contributed by atoms with Crippen LogP contribution in [0.5, 0.6) is 0 Å². The summed E-state index contributed by atoms with van der Waals surface area (Å²) in [7, 11) is 0. The Hall–Kier alpha value is -1.33. The lowest BCUT2D eigenvalue weighted by Gasteiger charge is -2.17. The lowest BCUT2D eigenvalue weighted by Crippen LogP contribution is -2.20. The van der Waals surface area contributed by atoms with Crippen molar-refractivity contribution in [2.75, 3.05) is 5.32 Å². The number of carbonyl (C=O) groups is 1. The predicted molar refractivity (Wildman–Crippen MR) is 81.9 cm³/mol. The zero-order valence-corrected chi connectivity index (χ0v) is 13.0. The number of thiophene rings is 1. The second-order valence-corrected chi connectivity index (χ2v) is 6.58. The van der Waals surface area contributed by atoms with Crippen molar-refractivity contribution in [3.05, 3.63) is 50.1 Å². The number of rotatable bonds is 4. The molecule has 0 saturated carbocycles. The zero-order chi connectivity index (χ0) is 14.0. The molecule has 0 fully saturated rings. The Morgan fingerprint density at radius 1 is 1.37 bits per heavy atom.